The second-order valence-electron chi connectivity index (χ2n) is 5.50. The smallest absolute Gasteiger partial charge is 0.184 e. The molecule has 0 spiro atoms. The van der Waals surface area contributed by atoms with Crippen LogP contribution in [0.2, 0.25) is 5.02 Å². The Morgan fingerprint density at radius 3 is 3.00 bits per heavy atom. The van der Waals surface area contributed by atoms with Crippen molar-refractivity contribution in [2.45, 2.75) is 45.1 Å². The van der Waals surface area contributed by atoms with Gasteiger partial charge in [-0.25, -0.2) is 4.98 Å². The third kappa shape index (κ3) is 3.03. The van der Waals surface area contributed by atoms with Gasteiger partial charge in [-0.1, -0.05) is 49.1 Å². The molecule has 102 valence electrons. The number of nitrogens with one attached hydrogen (secondary N) is 1. The number of thiazole rings is 1. The highest BCUT2D eigenvalue weighted by Crippen LogP contribution is 2.31. The van der Waals surface area contributed by atoms with Crippen LogP contribution in [0.4, 0.5) is 5.13 Å². The van der Waals surface area contributed by atoms with Gasteiger partial charge < -0.3 is 5.32 Å². The molecule has 2 nitrogen and oxygen atoms in total. The summed E-state index contributed by atoms with van der Waals surface area (Å²) < 4.78 is 1.20. The van der Waals surface area contributed by atoms with Crippen molar-refractivity contribution >= 4 is 38.3 Å². The number of fused-ring (bicyclic) bond motifs is 1. The second-order valence-corrected chi connectivity index (χ2v) is 6.96. The van der Waals surface area contributed by atoms with Crippen molar-refractivity contribution in [3.8, 4) is 0 Å². The maximum absolute atomic E-state index is 6.01. The second kappa shape index (κ2) is 5.68. The largest absolute Gasteiger partial charge is 0.358 e. The fraction of sp³-hybridized carbons (Fsp3) is 0.533. The Balaban J connectivity index is 1.80. The Labute approximate surface area is 123 Å². The predicted octanol–water partition coefficient (Wildman–Crippen LogP) is 5.33. The van der Waals surface area contributed by atoms with Crippen LogP contribution in [-0.4, -0.2) is 11.0 Å². The van der Waals surface area contributed by atoms with Crippen LogP contribution < -0.4 is 5.32 Å². The van der Waals surface area contributed by atoms with Gasteiger partial charge in [0.1, 0.15) is 0 Å². The fourth-order valence-corrected chi connectivity index (χ4v) is 3.90. The Kier molecular flexibility index (Phi) is 3.94. The zero-order valence-corrected chi connectivity index (χ0v) is 12.7. The van der Waals surface area contributed by atoms with Crippen molar-refractivity contribution in [1.82, 2.24) is 4.98 Å². The highest BCUT2D eigenvalue weighted by atomic mass is 35.5. The molecule has 1 N–H and O–H groups in total. The van der Waals surface area contributed by atoms with Crippen molar-refractivity contribution in [1.29, 1.82) is 0 Å². The Hall–Kier alpha value is -0.800. The molecule has 1 heterocycles. The molecular weight excluding hydrogens is 276 g/mol. The molecule has 0 radical (unpaired) electrons. The molecule has 4 heteroatoms. The molecule has 1 saturated carbocycles. The minimum Gasteiger partial charge on any atom is -0.358 e. The van der Waals surface area contributed by atoms with Crippen LogP contribution in [0.3, 0.4) is 0 Å². The van der Waals surface area contributed by atoms with E-state index in [1.807, 2.05) is 12.1 Å². The average molecular weight is 295 g/mol. The van der Waals surface area contributed by atoms with Crippen LogP contribution in [-0.2, 0) is 0 Å². The van der Waals surface area contributed by atoms with Crippen LogP contribution >= 0.6 is 22.9 Å². The molecule has 0 aliphatic heterocycles. The van der Waals surface area contributed by atoms with Crippen LogP contribution in [0, 0.1) is 5.92 Å². The first-order chi connectivity index (χ1) is 9.22. The SMILES string of the molecule is CC1CCCCCC1Nc1nc2cc(Cl)ccc2s1. The van der Waals surface area contributed by atoms with E-state index in [4.69, 9.17) is 11.6 Å². The molecule has 1 fully saturated rings. The summed E-state index contributed by atoms with van der Waals surface area (Å²) in [5.74, 6) is 0.734. The number of aromatic nitrogens is 1. The van der Waals surface area contributed by atoms with Crippen molar-refractivity contribution in [2.24, 2.45) is 5.92 Å². The zero-order chi connectivity index (χ0) is 13.2. The van der Waals surface area contributed by atoms with Crippen molar-refractivity contribution < 1.29 is 0 Å². The van der Waals surface area contributed by atoms with E-state index in [0.29, 0.717) is 6.04 Å². The van der Waals surface area contributed by atoms with E-state index < -0.39 is 0 Å². The van der Waals surface area contributed by atoms with Gasteiger partial charge in [0.2, 0.25) is 0 Å². The molecule has 1 aliphatic rings. The summed E-state index contributed by atoms with van der Waals surface area (Å²) in [5.41, 5.74) is 1.00. The van der Waals surface area contributed by atoms with Crippen molar-refractivity contribution in [2.75, 3.05) is 5.32 Å². The number of halogens is 1. The van der Waals surface area contributed by atoms with Crippen molar-refractivity contribution in [3.63, 3.8) is 0 Å². The molecule has 1 aromatic carbocycles. The summed E-state index contributed by atoms with van der Waals surface area (Å²) in [5, 5.41) is 5.44. The third-order valence-electron chi connectivity index (χ3n) is 4.02. The van der Waals surface area contributed by atoms with E-state index in [1.165, 1.54) is 36.8 Å². The normalized spacial score (nSPS) is 24.3. The van der Waals surface area contributed by atoms with E-state index >= 15 is 0 Å². The summed E-state index contributed by atoms with van der Waals surface area (Å²) >= 11 is 7.74. The number of nitrogens with zero attached hydrogens (tertiary/aromatic N) is 1. The summed E-state index contributed by atoms with van der Waals surface area (Å²) in [4.78, 5) is 4.66. The first-order valence-corrected chi connectivity index (χ1v) is 8.24. The molecule has 2 atom stereocenters. The minimum atomic E-state index is 0.568. The van der Waals surface area contributed by atoms with E-state index in [9.17, 15) is 0 Å². The molecule has 19 heavy (non-hydrogen) atoms. The summed E-state index contributed by atoms with van der Waals surface area (Å²) in [6.07, 6.45) is 6.66. The lowest BCUT2D eigenvalue weighted by molar-refractivity contribution is 0.456. The molecule has 0 amide bonds. The highest BCUT2D eigenvalue weighted by Gasteiger charge is 2.20. The van der Waals surface area contributed by atoms with Gasteiger partial charge in [-0.3, -0.25) is 0 Å². The first kappa shape index (κ1) is 13.2. The lowest BCUT2D eigenvalue weighted by Crippen LogP contribution is -2.26. The molecule has 0 bridgehead atoms. The zero-order valence-electron chi connectivity index (χ0n) is 11.2. The Bertz CT molecular complexity index is 566. The average Bonchev–Trinajstić information content (AvgIpc) is 2.66. The number of hydrogen-bond acceptors (Lipinski definition) is 3. The van der Waals surface area contributed by atoms with Crippen LogP contribution in [0.15, 0.2) is 18.2 Å². The molecular formula is C15H19ClN2S. The van der Waals surface area contributed by atoms with Gasteiger partial charge in [-0.05, 0) is 37.0 Å². The number of hydrogen-bond donors (Lipinski definition) is 1. The molecule has 2 aromatic rings. The minimum absolute atomic E-state index is 0.568. The maximum atomic E-state index is 6.01. The third-order valence-corrected chi connectivity index (χ3v) is 5.22. The topological polar surface area (TPSA) is 24.9 Å². The van der Waals surface area contributed by atoms with Gasteiger partial charge in [-0.15, -0.1) is 0 Å². The van der Waals surface area contributed by atoms with Gasteiger partial charge in [0.05, 0.1) is 10.2 Å². The number of rotatable bonds is 2. The highest BCUT2D eigenvalue weighted by molar-refractivity contribution is 7.22. The quantitative estimate of drug-likeness (QED) is 0.757. The monoisotopic (exact) mass is 294 g/mol. The van der Waals surface area contributed by atoms with Crippen LogP contribution in [0.25, 0.3) is 10.2 Å². The van der Waals surface area contributed by atoms with Gasteiger partial charge >= 0.3 is 0 Å². The number of anilines is 1. The van der Waals surface area contributed by atoms with Gasteiger partial charge in [0.25, 0.3) is 0 Å². The van der Waals surface area contributed by atoms with E-state index in [2.05, 4.69) is 23.3 Å². The van der Waals surface area contributed by atoms with E-state index in [0.717, 1.165) is 21.6 Å². The van der Waals surface area contributed by atoms with Gasteiger partial charge in [0, 0.05) is 11.1 Å². The molecule has 1 aromatic heterocycles. The lowest BCUT2D eigenvalue weighted by atomic mass is 9.97. The fourth-order valence-electron chi connectivity index (χ4n) is 2.83. The summed E-state index contributed by atoms with van der Waals surface area (Å²) in [6, 6.07) is 6.49. The lowest BCUT2D eigenvalue weighted by Gasteiger charge is -2.22. The molecule has 0 saturated heterocycles. The van der Waals surface area contributed by atoms with Gasteiger partial charge in [0.15, 0.2) is 5.13 Å². The summed E-state index contributed by atoms with van der Waals surface area (Å²) in [6.45, 7) is 2.35. The van der Waals surface area contributed by atoms with Crippen LogP contribution in [0.5, 0.6) is 0 Å². The summed E-state index contributed by atoms with van der Waals surface area (Å²) in [7, 11) is 0. The van der Waals surface area contributed by atoms with Crippen molar-refractivity contribution in [3.05, 3.63) is 23.2 Å². The van der Waals surface area contributed by atoms with Crippen LogP contribution in [0.1, 0.15) is 39.0 Å². The van der Waals surface area contributed by atoms with E-state index in [1.54, 1.807) is 11.3 Å². The van der Waals surface area contributed by atoms with E-state index in [-0.39, 0.29) is 0 Å². The maximum Gasteiger partial charge on any atom is 0.184 e. The first-order valence-electron chi connectivity index (χ1n) is 7.05. The molecule has 1 aliphatic carbocycles. The Morgan fingerprint density at radius 1 is 1.26 bits per heavy atom. The molecule has 2 unspecified atom stereocenters. The van der Waals surface area contributed by atoms with Gasteiger partial charge in [-0.2, -0.15) is 0 Å². The molecule has 3 rings (SSSR count). The number of benzene rings is 1. The predicted molar refractivity (Wildman–Crippen MR) is 84.3 cm³/mol. The Morgan fingerprint density at radius 2 is 2.11 bits per heavy atom. The standard InChI is InChI=1S/C15H19ClN2S/c1-10-5-3-2-4-6-12(10)17-15-18-13-9-11(16)7-8-14(13)19-15/h7-10,12H,2-6H2,1H3,(H,17,18).